The van der Waals surface area contributed by atoms with Crippen LogP contribution in [0.15, 0.2) is 11.4 Å². The molecule has 0 radical (unpaired) electrons. The van der Waals surface area contributed by atoms with E-state index >= 15 is 0 Å². The van der Waals surface area contributed by atoms with Crippen LogP contribution in [0.4, 0.5) is 11.9 Å². The molecule has 2 rings (SSSR count). The third kappa shape index (κ3) is 3.91. The van der Waals surface area contributed by atoms with Crippen LogP contribution in [0, 0.1) is 6.92 Å². The van der Waals surface area contributed by atoms with Crippen LogP contribution in [0.25, 0.3) is 11.4 Å². The molecule has 0 spiro atoms. The summed E-state index contributed by atoms with van der Waals surface area (Å²) < 4.78 is 0. The van der Waals surface area contributed by atoms with E-state index in [2.05, 4.69) is 64.3 Å². The van der Waals surface area contributed by atoms with E-state index in [0.717, 1.165) is 43.4 Å². The molecule has 0 bridgehead atoms. The topological polar surface area (TPSA) is 53.9 Å². The second kappa shape index (κ2) is 7.36. The molecule has 21 heavy (non-hydrogen) atoms. The van der Waals surface area contributed by atoms with Gasteiger partial charge in [-0.15, -0.1) is 11.3 Å². The van der Waals surface area contributed by atoms with Gasteiger partial charge in [-0.3, -0.25) is 0 Å². The van der Waals surface area contributed by atoms with Crippen molar-refractivity contribution in [3.63, 3.8) is 0 Å². The van der Waals surface area contributed by atoms with E-state index in [4.69, 9.17) is 0 Å². The Kier molecular flexibility index (Phi) is 5.50. The van der Waals surface area contributed by atoms with Gasteiger partial charge in [-0.05, 0) is 33.3 Å². The first-order valence-electron chi connectivity index (χ1n) is 7.48. The molecule has 0 atom stereocenters. The second-order valence-electron chi connectivity index (χ2n) is 4.83. The van der Waals surface area contributed by atoms with Crippen molar-refractivity contribution in [1.29, 1.82) is 0 Å². The fraction of sp³-hybridized carbons (Fsp3) is 0.533. The number of aromatic nitrogens is 3. The second-order valence-corrected chi connectivity index (χ2v) is 5.94. The molecule has 2 heterocycles. The Balaban J connectivity index is 2.41. The molecule has 114 valence electrons. The molecule has 0 saturated carbocycles. The summed E-state index contributed by atoms with van der Waals surface area (Å²) in [6.07, 6.45) is 1.04. The van der Waals surface area contributed by atoms with Crippen LogP contribution in [-0.4, -0.2) is 34.6 Å². The smallest absolute Gasteiger partial charge is 0.230 e. The summed E-state index contributed by atoms with van der Waals surface area (Å²) in [6.45, 7) is 11.1. The summed E-state index contributed by atoms with van der Waals surface area (Å²) in [5, 5.41) is 5.37. The van der Waals surface area contributed by atoms with Gasteiger partial charge in [0.2, 0.25) is 11.9 Å². The molecule has 0 aliphatic carbocycles. The van der Waals surface area contributed by atoms with Crippen molar-refractivity contribution in [3.8, 4) is 11.4 Å². The minimum Gasteiger partial charge on any atom is -0.354 e. The van der Waals surface area contributed by atoms with Crippen LogP contribution in [0.5, 0.6) is 0 Å². The van der Waals surface area contributed by atoms with Gasteiger partial charge in [0.15, 0.2) is 5.82 Å². The van der Waals surface area contributed by atoms with Crippen molar-refractivity contribution >= 4 is 23.2 Å². The number of hydrogen-bond donors (Lipinski definition) is 1. The number of thiophene rings is 1. The number of rotatable bonds is 7. The summed E-state index contributed by atoms with van der Waals surface area (Å²) in [6, 6.07) is 2.12. The summed E-state index contributed by atoms with van der Waals surface area (Å²) in [5.74, 6) is 2.15. The Hall–Kier alpha value is -1.69. The normalized spacial score (nSPS) is 10.7. The van der Waals surface area contributed by atoms with Crippen LogP contribution < -0.4 is 10.2 Å². The van der Waals surface area contributed by atoms with Gasteiger partial charge in [0, 0.05) is 35.5 Å². The Morgan fingerprint density at radius 1 is 1.14 bits per heavy atom. The summed E-state index contributed by atoms with van der Waals surface area (Å²) in [4.78, 5) is 17.1. The van der Waals surface area contributed by atoms with E-state index in [1.807, 2.05) is 0 Å². The van der Waals surface area contributed by atoms with Gasteiger partial charge in [-0.1, -0.05) is 6.92 Å². The number of nitrogens with zero attached hydrogens (tertiary/aromatic N) is 4. The fourth-order valence-electron chi connectivity index (χ4n) is 2.02. The molecule has 0 saturated heterocycles. The van der Waals surface area contributed by atoms with Crippen molar-refractivity contribution in [2.45, 2.75) is 34.1 Å². The lowest BCUT2D eigenvalue weighted by molar-refractivity contribution is 0.812. The molecule has 0 aliphatic heterocycles. The largest absolute Gasteiger partial charge is 0.354 e. The highest BCUT2D eigenvalue weighted by atomic mass is 32.1. The average molecular weight is 305 g/mol. The zero-order chi connectivity index (χ0) is 15.2. The van der Waals surface area contributed by atoms with E-state index in [9.17, 15) is 0 Å². The molecular formula is C15H23N5S. The van der Waals surface area contributed by atoms with Crippen LogP contribution >= 0.6 is 11.3 Å². The molecular weight excluding hydrogens is 282 g/mol. The average Bonchev–Trinajstić information content (AvgIpc) is 2.93. The minimum absolute atomic E-state index is 0.660. The molecule has 0 aliphatic rings. The zero-order valence-electron chi connectivity index (χ0n) is 13.2. The monoisotopic (exact) mass is 305 g/mol. The number of hydrogen-bond acceptors (Lipinski definition) is 6. The van der Waals surface area contributed by atoms with Crippen LogP contribution in [0.3, 0.4) is 0 Å². The number of aryl methyl sites for hydroxylation is 1. The van der Waals surface area contributed by atoms with Gasteiger partial charge >= 0.3 is 0 Å². The molecule has 0 unspecified atom stereocenters. The van der Waals surface area contributed by atoms with Gasteiger partial charge in [0.25, 0.3) is 0 Å². The highest BCUT2D eigenvalue weighted by Gasteiger charge is 2.13. The maximum absolute atomic E-state index is 4.64. The van der Waals surface area contributed by atoms with E-state index in [-0.39, 0.29) is 0 Å². The third-order valence-electron chi connectivity index (χ3n) is 3.19. The Morgan fingerprint density at radius 3 is 2.48 bits per heavy atom. The Labute approximate surface area is 130 Å². The van der Waals surface area contributed by atoms with Crippen LogP contribution in [-0.2, 0) is 0 Å². The van der Waals surface area contributed by atoms with E-state index in [1.165, 1.54) is 4.88 Å². The maximum Gasteiger partial charge on any atom is 0.230 e. The molecule has 6 heteroatoms. The third-order valence-corrected chi connectivity index (χ3v) is 4.05. The predicted molar refractivity (Wildman–Crippen MR) is 90.2 cm³/mol. The van der Waals surface area contributed by atoms with Crippen LogP contribution in [0.1, 0.15) is 32.1 Å². The molecule has 1 N–H and O–H groups in total. The summed E-state index contributed by atoms with van der Waals surface area (Å²) in [7, 11) is 0. The van der Waals surface area contributed by atoms with E-state index in [0.29, 0.717) is 5.95 Å². The molecule has 2 aromatic rings. The molecule has 0 fully saturated rings. The molecule has 5 nitrogen and oxygen atoms in total. The maximum atomic E-state index is 4.64. The highest BCUT2D eigenvalue weighted by molar-refractivity contribution is 7.10. The SMILES string of the molecule is CCCNc1nc(-c2csc(C)c2)nc(N(CC)CC)n1. The molecule has 0 amide bonds. The van der Waals surface area contributed by atoms with Crippen molar-refractivity contribution in [3.05, 3.63) is 16.3 Å². The van der Waals surface area contributed by atoms with Gasteiger partial charge in [0.05, 0.1) is 0 Å². The number of nitrogens with one attached hydrogen (secondary N) is 1. The fourth-order valence-corrected chi connectivity index (χ4v) is 2.70. The van der Waals surface area contributed by atoms with Crippen LogP contribution in [0.2, 0.25) is 0 Å². The molecule has 2 aromatic heterocycles. The first-order chi connectivity index (χ1) is 10.2. The quantitative estimate of drug-likeness (QED) is 0.847. The molecule has 0 aromatic carbocycles. The van der Waals surface area contributed by atoms with Gasteiger partial charge < -0.3 is 10.2 Å². The van der Waals surface area contributed by atoms with Gasteiger partial charge in [0.1, 0.15) is 0 Å². The van der Waals surface area contributed by atoms with Crippen molar-refractivity contribution in [2.75, 3.05) is 29.9 Å². The first-order valence-corrected chi connectivity index (χ1v) is 8.36. The summed E-state index contributed by atoms with van der Waals surface area (Å²) >= 11 is 1.71. The number of anilines is 2. The Bertz CT molecular complexity index is 577. The lowest BCUT2D eigenvalue weighted by Crippen LogP contribution is -2.25. The summed E-state index contributed by atoms with van der Waals surface area (Å²) in [5.41, 5.74) is 1.06. The standard InChI is InChI=1S/C15H23N5S/c1-5-8-16-14-17-13(12-9-11(4)21-10-12)18-15(19-14)20(6-2)7-3/h9-10H,5-8H2,1-4H3,(H,16,17,18,19). The highest BCUT2D eigenvalue weighted by Crippen LogP contribution is 2.24. The van der Waals surface area contributed by atoms with Gasteiger partial charge in [-0.2, -0.15) is 15.0 Å². The van der Waals surface area contributed by atoms with Crippen molar-refractivity contribution in [1.82, 2.24) is 15.0 Å². The van der Waals surface area contributed by atoms with Gasteiger partial charge in [-0.25, -0.2) is 0 Å². The lowest BCUT2D eigenvalue weighted by atomic mass is 10.3. The Morgan fingerprint density at radius 2 is 1.90 bits per heavy atom. The first kappa shape index (κ1) is 15.7. The van der Waals surface area contributed by atoms with E-state index < -0.39 is 0 Å². The van der Waals surface area contributed by atoms with Crippen molar-refractivity contribution in [2.24, 2.45) is 0 Å². The zero-order valence-corrected chi connectivity index (χ0v) is 14.0. The van der Waals surface area contributed by atoms with Crippen molar-refractivity contribution < 1.29 is 0 Å². The minimum atomic E-state index is 0.660. The predicted octanol–water partition coefficient (Wildman–Crippen LogP) is 3.58. The van der Waals surface area contributed by atoms with E-state index in [1.54, 1.807) is 11.3 Å². The lowest BCUT2D eigenvalue weighted by Gasteiger charge is -2.19.